The molecule has 2 aliphatic heterocycles. The first-order valence-electron chi connectivity index (χ1n) is 14.1. The highest BCUT2D eigenvalue weighted by Crippen LogP contribution is 2.49. The first-order chi connectivity index (χ1) is 18.4. The van der Waals surface area contributed by atoms with Crippen molar-refractivity contribution >= 4 is 15.7 Å². The van der Waals surface area contributed by atoms with Crippen LogP contribution in [0.3, 0.4) is 0 Å². The van der Waals surface area contributed by atoms with Gasteiger partial charge in [-0.2, -0.15) is 0 Å². The Hall–Kier alpha value is -2.68. The van der Waals surface area contributed by atoms with Crippen LogP contribution >= 0.6 is 0 Å². The zero-order chi connectivity index (χ0) is 25.9. The van der Waals surface area contributed by atoms with Crippen LogP contribution in [0, 0.1) is 11.8 Å². The molecule has 2 aliphatic carbocycles. The Kier molecular flexibility index (Phi) is 6.09. The van der Waals surface area contributed by atoms with Gasteiger partial charge in [0, 0.05) is 57.1 Å². The summed E-state index contributed by atoms with van der Waals surface area (Å²) in [6.45, 7) is 3.93. The fraction of sp³-hybridized carbons (Fsp3) is 0.500. The van der Waals surface area contributed by atoms with Crippen molar-refractivity contribution < 1.29 is 8.42 Å². The Morgan fingerprint density at radius 3 is 2.55 bits per heavy atom. The summed E-state index contributed by atoms with van der Waals surface area (Å²) in [7, 11) is -1.82. The standard InChI is InChI=1S/C30H37N5O2S/c1-33-19-30(31-20-33)38(36,37)32-25-17-34(18-25)26-10-8-22-9-12-29(35-15-23-13-24(23)16-35)27(28(22)14-26)11-7-21-5-3-2-4-6-21/h2-6,8,10,14,19-20,23-25,27,29,32H,7,9,11-13,15-18H2,1H3/t23?,24?,27-,29+/m1/s1. The van der Waals surface area contributed by atoms with E-state index in [1.165, 1.54) is 67.3 Å². The van der Waals surface area contributed by atoms with Gasteiger partial charge >= 0.3 is 0 Å². The summed E-state index contributed by atoms with van der Waals surface area (Å²) in [5.74, 6) is 2.44. The predicted molar refractivity (Wildman–Crippen MR) is 149 cm³/mol. The van der Waals surface area contributed by atoms with E-state index >= 15 is 0 Å². The van der Waals surface area contributed by atoms with Gasteiger partial charge in [0.05, 0.1) is 12.4 Å². The Bertz CT molecular complexity index is 1410. The predicted octanol–water partition coefficient (Wildman–Crippen LogP) is 3.57. The molecule has 0 radical (unpaired) electrons. The number of nitrogens with zero attached hydrogens (tertiary/aromatic N) is 4. The SMILES string of the molecule is Cn1cnc(S(=O)(=O)NC2CN(c3ccc4c(c3)[C@@H](CCc3ccccc3)[C@@H](N3CC5CC5C3)CC4)C2)c1. The first kappa shape index (κ1) is 24.4. The summed E-state index contributed by atoms with van der Waals surface area (Å²) in [4.78, 5) is 9.13. The maximum absolute atomic E-state index is 12.7. The molecular formula is C30H37N5O2S. The molecule has 38 heavy (non-hydrogen) atoms. The van der Waals surface area contributed by atoms with Crippen molar-refractivity contribution in [3.63, 3.8) is 0 Å². The number of sulfonamides is 1. The summed E-state index contributed by atoms with van der Waals surface area (Å²) in [5.41, 5.74) is 5.66. The van der Waals surface area contributed by atoms with Crippen LogP contribution in [0.25, 0.3) is 0 Å². The topological polar surface area (TPSA) is 70.5 Å². The highest BCUT2D eigenvalue weighted by Gasteiger charge is 2.48. The van der Waals surface area contributed by atoms with Crippen molar-refractivity contribution in [2.24, 2.45) is 18.9 Å². The largest absolute Gasteiger partial charge is 0.368 e. The smallest absolute Gasteiger partial charge is 0.259 e. The minimum atomic E-state index is -3.59. The van der Waals surface area contributed by atoms with Crippen molar-refractivity contribution in [1.29, 1.82) is 0 Å². The number of anilines is 1. The quantitative estimate of drug-likeness (QED) is 0.481. The summed E-state index contributed by atoms with van der Waals surface area (Å²) in [6.07, 6.45) is 9.18. The second kappa shape index (κ2) is 9.50. The molecule has 200 valence electrons. The van der Waals surface area contributed by atoms with Crippen LogP contribution in [0.4, 0.5) is 5.69 Å². The number of fused-ring (bicyclic) bond motifs is 2. The highest BCUT2D eigenvalue weighted by molar-refractivity contribution is 7.89. The Labute approximate surface area is 225 Å². The number of hydrogen-bond acceptors (Lipinski definition) is 5. The molecule has 3 heterocycles. The van der Waals surface area contributed by atoms with Gasteiger partial charge in [-0.3, -0.25) is 4.90 Å². The lowest BCUT2D eigenvalue weighted by Gasteiger charge is -2.43. The van der Waals surface area contributed by atoms with E-state index in [9.17, 15) is 8.42 Å². The van der Waals surface area contributed by atoms with Crippen molar-refractivity contribution in [2.75, 3.05) is 31.1 Å². The van der Waals surface area contributed by atoms with Crippen molar-refractivity contribution in [3.05, 3.63) is 77.7 Å². The summed E-state index contributed by atoms with van der Waals surface area (Å²) >= 11 is 0. The van der Waals surface area contributed by atoms with Crippen LogP contribution in [0.5, 0.6) is 0 Å². The second-order valence-electron chi connectivity index (χ2n) is 11.9. The third-order valence-electron chi connectivity index (χ3n) is 9.29. The zero-order valence-electron chi connectivity index (χ0n) is 22.0. The van der Waals surface area contributed by atoms with Gasteiger partial charge in [-0.05, 0) is 72.8 Å². The average molecular weight is 532 g/mol. The highest BCUT2D eigenvalue weighted by atomic mass is 32.2. The molecule has 3 aromatic rings. The number of piperidine rings is 1. The van der Waals surface area contributed by atoms with E-state index in [0.29, 0.717) is 25.0 Å². The second-order valence-corrected chi connectivity index (χ2v) is 13.6. The van der Waals surface area contributed by atoms with Gasteiger partial charge in [-0.25, -0.2) is 18.1 Å². The molecule has 3 fully saturated rings. The molecule has 4 aliphatic rings. The summed E-state index contributed by atoms with van der Waals surface area (Å²) in [5, 5.41) is 0.0825. The normalized spacial score (nSPS) is 27.1. The average Bonchev–Trinajstić information content (AvgIpc) is 3.26. The van der Waals surface area contributed by atoms with Crippen LogP contribution in [0.15, 0.2) is 66.1 Å². The summed E-state index contributed by atoms with van der Waals surface area (Å²) < 4.78 is 29.9. The van der Waals surface area contributed by atoms with Crippen molar-refractivity contribution in [1.82, 2.24) is 19.2 Å². The van der Waals surface area contributed by atoms with E-state index in [1.54, 1.807) is 11.6 Å². The molecule has 1 aromatic heterocycles. The lowest BCUT2D eigenvalue weighted by Crippen LogP contribution is -2.59. The lowest BCUT2D eigenvalue weighted by molar-refractivity contribution is 0.167. The van der Waals surface area contributed by atoms with Gasteiger partial charge in [-0.15, -0.1) is 0 Å². The molecule has 8 heteroatoms. The van der Waals surface area contributed by atoms with Crippen LogP contribution in [-0.4, -0.2) is 61.1 Å². The van der Waals surface area contributed by atoms with E-state index in [0.717, 1.165) is 24.7 Å². The maximum Gasteiger partial charge on any atom is 0.259 e. The van der Waals surface area contributed by atoms with Crippen LogP contribution < -0.4 is 9.62 Å². The van der Waals surface area contributed by atoms with Crippen molar-refractivity contribution in [2.45, 2.75) is 55.1 Å². The number of likely N-dealkylation sites (tertiary alicyclic amines) is 1. The minimum absolute atomic E-state index is 0.0825. The van der Waals surface area contributed by atoms with Gasteiger partial charge in [-0.1, -0.05) is 36.4 Å². The first-order valence-corrected chi connectivity index (χ1v) is 15.6. The van der Waals surface area contributed by atoms with Gasteiger partial charge in [0.15, 0.2) is 5.03 Å². The molecule has 2 saturated heterocycles. The fourth-order valence-electron chi connectivity index (χ4n) is 7.09. The molecule has 4 atom stereocenters. The molecule has 7 rings (SSSR count). The molecule has 0 spiro atoms. The third kappa shape index (κ3) is 4.67. The number of hydrogen-bond donors (Lipinski definition) is 1. The number of nitrogens with one attached hydrogen (secondary N) is 1. The molecule has 1 saturated carbocycles. The third-order valence-corrected chi connectivity index (χ3v) is 10.7. The lowest BCUT2D eigenvalue weighted by atomic mass is 9.75. The molecule has 0 bridgehead atoms. The molecule has 0 amide bonds. The van der Waals surface area contributed by atoms with Crippen LogP contribution in [0.1, 0.15) is 41.9 Å². The van der Waals surface area contributed by atoms with Crippen molar-refractivity contribution in [3.8, 4) is 0 Å². The molecule has 1 N–H and O–H groups in total. The van der Waals surface area contributed by atoms with Gasteiger partial charge in [0.2, 0.25) is 0 Å². The van der Waals surface area contributed by atoms with E-state index in [4.69, 9.17) is 0 Å². The molecular weight excluding hydrogens is 494 g/mol. The van der Waals surface area contributed by atoms with Gasteiger partial charge in [0.25, 0.3) is 10.0 Å². The zero-order valence-corrected chi connectivity index (χ0v) is 22.9. The minimum Gasteiger partial charge on any atom is -0.368 e. The molecule has 7 nitrogen and oxygen atoms in total. The summed E-state index contributed by atoms with van der Waals surface area (Å²) in [6, 6.07) is 18.4. The number of aryl methyl sites for hydroxylation is 3. The fourth-order valence-corrected chi connectivity index (χ4v) is 8.29. The van der Waals surface area contributed by atoms with E-state index in [2.05, 4.69) is 68.0 Å². The van der Waals surface area contributed by atoms with Crippen LogP contribution in [0.2, 0.25) is 0 Å². The monoisotopic (exact) mass is 531 g/mol. The molecule has 2 unspecified atom stereocenters. The molecule has 2 aromatic carbocycles. The van der Waals surface area contributed by atoms with E-state index < -0.39 is 10.0 Å². The Morgan fingerprint density at radius 1 is 1.03 bits per heavy atom. The Morgan fingerprint density at radius 2 is 1.82 bits per heavy atom. The number of aromatic nitrogens is 2. The number of rotatable bonds is 8. The Balaban J connectivity index is 1.08. The number of benzene rings is 2. The number of imidazole rings is 1. The van der Waals surface area contributed by atoms with Gasteiger partial charge in [0.1, 0.15) is 0 Å². The van der Waals surface area contributed by atoms with Crippen LogP contribution in [-0.2, 0) is 29.9 Å². The van der Waals surface area contributed by atoms with E-state index in [-0.39, 0.29) is 11.1 Å². The van der Waals surface area contributed by atoms with E-state index in [1.807, 2.05) is 0 Å². The maximum atomic E-state index is 12.7. The van der Waals surface area contributed by atoms with Gasteiger partial charge < -0.3 is 9.47 Å².